The molecule has 1 N–H and O–H groups in total. The predicted octanol–water partition coefficient (Wildman–Crippen LogP) is 2.89. The molecule has 0 spiro atoms. The molecule has 3 heterocycles. The van der Waals surface area contributed by atoms with Gasteiger partial charge in [-0.15, -0.1) is 5.10 Å². The normalized spacial score (nSPS) is 12.5. The summed E-state index contributed by atoms with van der Waals surface area (Å²) in [4.78, 5) is 33.3. The highest BCUT2D eigenvalue weighted by molar-refractivity contribution is 6.32. The number of hydrogen-bond donors (Lipinski definition) is 1. The van der Waals surface area contributed by atoms with Crippen molar-refractivity contribution in [2.24, 2.45) is 0 Å². The molecule has 0 aliphatic rings. The summed E-state index contributed by atoms with van der Waals surface area (Å²) in [7, 11) is 1.33. The van der Waals surface area contributed by atoms with Crippen LogP contribution in [0, 0.1) is 5.82 Å². The van der Waals surface area contributed by atoms with Gasteiger partial charge in [-0.05, 0) is 19.9 Å². The highest BCUT2D eigenvalue weighted by Gasteiger charge is 2.39. The van der Waals surface area contributed by atoms with Crippen LogP contribution in [0.25, 0.3) is 5.82 Å². The molecule has 36 heavy (non-hydrogen) atoms. The number of hydrogen-bond acceptors (Lipinski definition) is 8. The van der Waals surface area contributed by atoms with Crippen LogP contribution in [0.2, 0.25) is 5.02 Å². The Morgan fingerprint density at radius 3 is 2.58 bits per heavy atom. The first-order chi connectivity index (χ1) is 16.9. The molecule has 3 aromatic rings. The second-order valence-electron chi connectivity index (χ2n) is 7.34. The quantitative estimate of drug-likeness (QED) is 0.329. The van der Waals surface area contributed by atoms with Crippen LogP contribution in [0.4, 0.5) is 17.6 Å². The number of Topliss-reactive ketones (excluding diaryl/α,β-unsaturated/α-hetero) is 1. The summed E-state index contributed by atoms with van der Waals surface area (Å²) in [6.45, 7) is 1.63. The average Bonchev–Trinajstić information content (AvgIpc) is 3.15. The Kier molecular flexibility index (Phi) is 7.99. The van der Waals surface area contributed by atoms with Gasteiger partial charge in [0.25, 0.3) is 0 Å². The van der Waals surface area contributed by atoms with Crippen LogP contribution in [0.3, 0.4) is 0 Å². The first-order valence-electron chi connectivity index (χ1n) is 10.4. The molecule has 194 valence electrons. The number of halogens is 5. The Balaban J connectivity index is 2.14. The van der Waals surface area contributed by atoms with Gasteiger partial charge in [0.2, 0.25) is 5.88 Å². The van der Waals surface area contributed by atoms with Gasteiger partial charge >= 0.3 is 11.9 Å². The van der Waals surface area contributed by atoms with E-state index >= 15 is 4.39 Å². The molecule has 0 aliphatic carbocycles. The summed E-state index contributed by atoms with van der Waals surface area (Å²) in [6.07, 6.45) is -6.54. The van der Waals surface area contributed by atoms with E-state index in [4.69, 9.17) is 21.1 Å². The van der Waals surface area contributed by atoms with E-state index in [9.17, 15) is 27.9 Å². The maximum atomic E-state index is 15.1. The van der Waals surface area contributed by atoms with Crippen molar-refractivity contribution in [1.82, 2.24) is 24.3 Å². The molecule has 0 fully saturated rings. The number of nitrogens with zero attached hydrogens (tertiary/aromatic N) is 5. The summed E-state index contributed by atoms with van der Waals surface area (Å²) in [5, 5.41) is 13.2. The van der Waals surface area contributed by atoms with Crippen LogP contribution >= 0.6 is 11.6 Å². The second kappa shape index (κ2) is 10.6. The third-order valence-electron chi connectivity index (χ3n) is 5.04. The number of ketones is 1. The number of aliphatic hydroxyl groups excluding tert-OH is 1. The molecule has 1 atom stereocenters. The van der Waals surface area contributed by atoms with E-state index in [2.05, 4.69) is 15.1 Å². The van der Waals surface area contributed by atoms with Crippen LogP contribution in [0.5, 0.6) is 11.6 Å². The van der Waals surface area contributed by atoms with E-state index < -0.39 is 59.9 Å². The lowest BCUT2D eigenvalue weighted by atomic mass is 10.1. The van der Waals surface area contributed by atoms with Crippen molar-refractivity contribution in [3.8, 4) is 17.4 Å². The van der Waals surface area contributed by atoms with E-state index in [1.54, 1.807) is 6.92 Å². The van der Waals surface area contributed by atoms with E-state index in [1.165, 1.54) is 19.4 Å². The fourth-order valence-corrected chi connectivity index (χ4v) is 3.40. The molecule has 0 aromatic carbocycles. The molecular weight excluding hydrogens is 514 g/mol. The zero-order chi connectivity index (χ0) is 26.8. The molecule has 3 rings (SSSR count). The number of alkyl halides is 3. The van der Waals surface area contributed by atoms with Crippen molar-refractivity contribution in [1.29, 1.82) is 0 Å². The maximum Gasteiger partial charge on any atom is 0.425 e. The van der Waals surface area contributed by atoms with Crippen molar-refractivity contribution in [2.75, 3.05) is 7.11 Å². The Labute approximate surface area is 206 Å². The van der Waals surface area contributed by atoms with Gasteiger partial charge in [-0.3, -0.25) is 14.3 Å². The average molecular weight is 534 g/mol. The first-order valence-corrected chi connectivity index (χ1v) is 10.7. The summed E-state index contributed by atoms with van der Waals surface area (Å²) < 4.78 is 66.1. The van der Waals surface area contributed by atoms with Crippen molar-refractivity contribution < 1.29 is 36.9 Å². The van der Waals surface area contributed by atoms with E-state index in [-0.39, 0.29) is 28.8 Å². The molecule has 15 heteroatoms. The first kappa shape index (κ1) is 27.1. The number of aliphatic hydroxyl groups is 1. The fraction of sp³-hybridized carbons (Fsp3) is 0.381. The van der Waals surface area contributed by atoms with Crippen LogP contribution in [0.1, 0.15) is 35.7 Å². The zero-order valence-corrected chi connectivity index (χ0v) is 19.9. The number of pyridine rings is 2. The Morgan fingerprint density at radius 2 is 2.03 bits per heavy atom. The Morgan fingerprint density at radius 1 is 1.33 bits per heavy atom. The summed E-state index contributed by atoms with van der Waals surface area (Å²) >= 11 is 6.14. The largest absolute Gasteiger partial charge is 0.495 e. The summed E-state index contributed by atoms with van der Waals surface area (Å²) in [6, 6.07) is 2.02. The lowest BCUT2D eigenvalue weighted by Gasteiger charge is -2.19. The number of aromatic nitrogens is 5. The number of ether oxygens (including phenoxy) is 2. The maximum absolute atomic E-state index is 15.1. The molecule has 0 saturated carbocycles. The predicted molar refractivity (Wildman–Crippen MR) is 117 cm³/mol. The van der Waals surface area contributed by atoms with Gasteiger partial charge in [-0.25, -0.2) is 9.18 Å². The van der Waals surface area contributed by atoms with Gasteiger partial charge in [0.1, 0.15) is 17.4 Å². The Hall–Kier alpha value is -3.52. The van der Waals surface area contributed by atoms with Crippen molar-refractivity contribution in [3.63, 3.8) is 0 Å². The monoisotopic (exact) mass is 533 g/mol. The van der Waals surface area contributed by atoms with Crippen LogP contribution in [-0.2, 0) is 19.6 Å². The number of carbonyl (C=O) groups excluding carboxylic acids is 1. The van der Waals surface area contributed by atoms with E-state index in [0.717, 1.165) is 4.57 Å². The number of methoxy groups -OCH3 is 1. The number of rotatable bonds is 9. The smallest absolute Gasteiger partial charge is 0.425 e. The lowest BCUT2D eigenvalue weighted by Crippen LogP contribution is -2.32. The minimum Gasteiger partial charge on any atom is -0.495 e. The van der Waals surface area contributed by atoms with Crippen molar-refractivity contribution in [3.05, 3.63) is 56.7 Å². The standard InChI is InChI=1S/C21H20ClF4N5O5/c1-4-30-16(9-32)29-31(20(30)34)18-12(23)7-11(19(28-18)36-10(2)21(24,25)26)14(33)8-13-17(22)15(35-3)5-6-27-13/h5-7,10,32H,4,8-9H2,1-3H3/t10-/m0/s1. The van der Waals surface area contributed by atoms with Gasteiger partial charge in [0, 0.05) is 18.8 Å². The molecule has 0 bridgehead atoms. The molecule has 0 saturated heterocycles. The Bertz CT molecular complexity index is 1340. The molecule has 0 radical (unpaired) electrons. The van der Waals surface area contributed by atoms with Gasteiger partial charge in [0.05, 0.1) is 24.8 Å². The van der Waals surface area contributed by atoms with E-state index in [1.807, 2.05) is 0 Å². The fourth-order valence-electron chi connectivity index (χ4n) is 3.14. The van der Waals surface area contributed by atoms with Crippen LogP contribution in [0.15, 0.2) is 23.1 Å². The van der Waals surface area contributed by atoms with Crippen LogP contribution in [-0.4, -0.2) is 54.6 Å². The summed E-state index contributed by atoms with van der Waals surface area (Å²) in [5.74, 6) is -3.80. The highest BCUT2D eigenvalue weighted by Crippen LogP contribution is 2.31. The molecule has 0 aliphatic heterocycles. The zero-order valence-electron chi connectivity index (χ0n) is 19.1. The van der Waals surface area contributed by atoms with Crippen molar-refractivity contribution >= 4 is 17.4 Å². The minimum atomic E-state index is -4.85. The second-order valence-corrected chi connectivity index (χ2v) is 7.71. The molecular formula is C21H20ClF4N5O5. The van der Waals surface area contributed by atoms with Crippen LogP contribution < -0.4 is 15.2 Å². The van der Waals surface area contributed by atoms with Gasteiger partial charge in [-0.1, -0.05) is 11.6 Å². The molecule has 3 aromatic heterocycles. The topological polar surface area (TPSA) is 121 Å². The number of carbonyl (C=O) groups is 1. The molecule has 0 unspecified atom stereocenters. The van der Waals surface area contributed by atoms with Gasteiger partial charge < -0.3 is 14.6 Å². The van der Waals surface area contributed by atoms with Crippen molar-refractivity contribution in [2.45, 2.75) is 45.7 Å². The highest BCUT2D eigenvalue weighted by atomic mass is 35.5. The SMILES string of the molecule is CCn1c(CO)nn(-c2nc(O[C@@H](C)C(F)(F)F)c(C(=O)Cc3nccc(OC)c3Cl)cc2F)c1=O. The van der Waals surface area contributed by atoms with Gasteiger partial charge in [-0.2, -0.15) is 22.8 Å². The molecule has 10 nitrogen and oxygen atoms in total. The third-order valence-corrected chi connectivity index (χ3v) is 5.45. The summed E-state index contributed by atoms with van der Waals surface area (Å²) in [5.41, 5.74) is -1.53. The third kappa shape index (κ3) is 5.33. The minimum absolute atomic E-state index is 0.0160. The van der Waals surface area contributed by atoms with E-state index in [0.29, 0.717) is 17.7 Å². The lowest BCUT2D eigenvalue weighted by molar-refractivity contribution is -0.190. The molecule has 0 amide bonds. The van der Waals surface area contributed by atoms with Gasteiger partial charge in [0.15, 0.2) is 29.3 Å².